The van der Waals surface area contributed by atoms with Crippen LogP contribution in [0.1, 0.15) is 6.42 Å². The molecule has 0 spiro atoms. The molecular formula is C3H6BaO6S2. The van der Waals surface area contributed by atoms with E-state index in [1.165, 1.54) is 0 Å². The van der Waals surface area contributed by atoms with Crippen LogP contribution in [0.25, 0.3) is 0 Å². The van der Waals surface area contributed by atoms with Gasteiger partial charge in [0.2, 0.25) is 0 Å². The molecule has 68 valence electrons. The first kappa shape index (κ1) is 15.8. The Morgan fingerprint density at radius 1 is 0.833 bits per heavy atom. The van der Waals surface area contributed by atoms with Gasteiger partial charge in [0.25, 0.3) is 0 Å². The molecule has 0 fully saturated rings. The monoisotopic (exact) mass is 340 g/mol. The third kappa shape index (κ3) is 13.9. The van der Waals surface area contributed by atoms with Crippen molar-refractivity contribution in [2.45, 2.75) is 6.42 Å². The molecule has 0 rings (SSSR count). The summed E-state index contributed by atoms with van der Waals surface area (Å²) in [7, 11) is -8.80. The van der Waals surface area contributed by atoms with E-state index in [4.69, 9.17) is 0 Å². The number of hydrogen-bond donors (Lipinski definition) is 0. The largest absolute Gasteiger partial charge is 2.00 e. The first-order valence-electron chi connectivity index (χ1n) is 2.58. The van der Waals surface area contributed by atoms with E-state index in [2.05, 4.69) is 0 Å². The predicted molar refractivity (Wildman–Crippen MR) is 39.5 cm³/mol. The summed E-state index contributed by atoms with van der Waals surface area (Å²) >= 11 is 0. The Morgan fingerprint density at radius 2 is 1.08 bits per heavy atom. The molecule has 0 aromatic carbocycles. The van der Waals surface area contributed by atoms with Gasteiger partial charge in [-0.15, -0.1) is 0 Å². The standard InChI is InChI=1S/C3H8O6S2.Ba/c4-10(5,6)2-1-3-11(7,8)9;/h1-3H2,(H,4,5,6)(H,7,8,9);/q;+2/p-2. The van der Waals surface area contributed by atoms with Crippen LogP contribution in [0.4, 0.5) is 0 Å². The van der Waals surface area contributed by atoms with Gasteiger partial charge in [-0.1, -0.05) is 0 Å². The molecule has 0 heterocycles. The van der Waals surface area contributed by atoms with E-state index in [1.54, 1.807) is 0 Å². The topological polar surface area (TPSA) is 114 Å². The molecule has 0 saturated heterocycles. The number of hydrogen-bond acceptors (Lipinski definition) is 6. The van der Waals surface area contributed by atoms with Crippen LogP contribution < -0.4 is 0 Å². The van der Waals surface area contributed by atoms with Crippen molar-refractivity contribution in [3.63, 3.8) is 0 Å². The van der Waals surface area contributed by atoms with E-state index in [0.717, 1.165) is 0 Å². The summed E-state index contributed by atoms with van der Waals surface area (Å²) in [5, 5.41) is 0. The van der Waals surface area contributed by atoms with Gasteiger partial charge >= 0.3 is 48.9 Å². The van der Waals surface area contributed by atoms with Gasteiger partial charge in [0, 0.05) is 11.5 Å². The smallest absolute Gasteiger partial charge is 0.748 e. The average molecular weight is 340 g/mol. The molecule has 0 aromatic rings. The molecular weight excluding hydrogens is 333 g/mol. The first-order chi connectivity index (χ1) is 4.71. The van der Waals surface area contributed by atoms with Crippen LogP contribution in [-0.2, 0) is 20.2 Å². The maximum Gasteiger partial charge on any atom is 2.00 e. The Bertz CT molecular complexity index is 270. The summed E-state index contributed by atoms with van der Waals surface area (Å²) in [5.74, 6) is -1.62. The van der Waals surface area contributed by atoms with Crippen molar-refractivity contribution in [3.05, 3.63) is 0 Å². The fourth-order valence-corrected chi connectivity index (χ4v) is 1.59. The van der Waals surface area contributed by atoms with Gasteiger partial charge in [-0.2, -0.15) is 0 Å². The third-order valence-electron chi connectivity index (χ3n) is 0.789. The molecule has 0 aliphatic carbocycles. The molecule has 0 N–H and O–H groups in total. The van der Waals surface area contributed by atoms with Crippen LogP contribution in [-0.4, -0.2) is 86.3 Å². The zero-order valence-corrected chi connectivity index (χ0v) is 12.2. The second-order valence-electron chi connectivity index (χ2n) is 1.88. The zero-order chi connectivity index (χ0) is 9.12. The molecule has 0 saturated carbocycles. The van der Waals surface area contributed by atoms with Crippen molar-refractivity contribution >= 4 is 69.1 Å². The van der Waals surface area contributed by atoms with Crippen molar-refractivity contribution in [1.29, 1.82) is 0 Å². The molecule has 12 heavy (non-hydrogen) atoms. The van der Waals surface area contributed by atoms with Crippen molar-refractivity contribution in [3.8, 4) is 0 Å². The zero-order valence-electron chi connectivity index (χ0n) is 6.09. The molecule has 9 heteroatoms. The van der Waals surface area contributed by atoms with Crippen LogP contribution in [0.15, 0.2) is 0 Å². The van der Waals surface area contributed by atoms with Crippen molar-refractivity contribution in [2.24, 2.45) is 0 Å². The Hall–Kier alpha value is 1.39. The maximum absolute atomic E-state index is 9.86. The van der Waals surface area contributed by atoms with E-state index < -0.39 is 38.2 Å². The Kier molecular flexibility index (Phi) is 7.90. The molecule has 6 nitrogen and oxygen atoms in total. The van der Waals surface area contributed by atoms with Crippen molar-refractivity contribution < 1.29 is 25.9 Å². The fraction of sp³-hybridized carbons (Fsp3) is 1.00. The molecule has 0 aliphatic heterocycles. The summed E-state index contributed by atoms with van der Waals surface area (Å²) in [6, 6.07) is 0. The summed E-state index contributed by atoms with van der Waals surface area (Å²) in [4.78, 5) is 0. The SMILES string of the molecule is O=S(=O)([O-])CCCS(=O)(=O)[O-].[Ba+2]. The molecule has 0 unspecified atom stereocenters. The first-order valence-corrected chi connectivity index (χ1v) is 5.73. The Morgan fingerprint density at radius 3 is 1.25 bits per heavy atom. The Balaban J connectivity index is 0. The average Bonchev–Trinajstić information content (AvgIpc) is 1.55. The van der Waals surface area contributed by atoms with E-state index in [1.807, 2.05) is 0 Å². The van der Waals surface area contributed by atoms with Gasteiger partial charge in [0.15, 0.2) is 0 Å². The summed E-state index contributed by atoms with van der Waals surface area (Å²) in [6.07, 6.45) is -0.433. The van der Waals surface area contributed by atoms with Gasteiger partial charge in [0.05, 0.1) is 20.2 Å². The van der Waals surface area contributed by atoms with Gasteiger partial charge < -0.3 is 9.11 Å². The van der Waals surface area contributed by atoms with Crippen molar-refractivity contribution in [2.75, 3.05) is 11.5 Å². The molecule has 0 bridgehead atoms. The molecule has 0 aromatic heterocycles. The van der Waals surface area contributed by atoms with E-state index in [-0.39, 0.29) is 48.9 Å². The molecule has 0 atom stereocenters. The second-order valence-corrected chi connectivity index (χ2v) is 4.92. The van der Waals surface area contributed by atoms with E-state index in [9.17, 15) is 25.9 Å². The van der Waals surface area contributed by atoms with Gasteiger partial charge in [-0.05, 0) is 6.42 Å². The molecule has 0 amide bonds. The predicted octanol–water partition coefficient (Wildman–Crippen LogP) is -1.91. The fourth-order valence-electron chi connectivity index (χ4n) is 0.412. The maximum atomic E-state index is 9.86. The van der Waals surface area contributed by atoms with Crippen molar-refractivity contribution in [1.82, 2.24) is 0 Å². The van der Waals surface area contributed by atoms with Crippen LogP contribution in [0, 0.1) is 0 Å². The van der Waals surface area contributed by atoms with Crippen LogP contribution >= 0.6 is 0 Å². The normalized spacial score (nSPS) is 12.2. The van der Waals surface area contributed by atoms with E-state index in [0.29, 0.717) is 0 Å². The minimum atomic E-state index is -4.40. The number of rotatable bonds is 4. The summed E-state index contributed by atoms with van der Waals surface area (Å²) < 4.78 is 59.2. The minimum absolute atomic E-state index is 0. The quantitative estimate of drug-likeness (QED) is 0.436. The summed E-state index contributed by atoms with van der Waals surface area (Å²) in [5.41, 5.74) is 0. The van der Waals surface area contributed by atoms with Gasteiger partial charge in [0.1, 0.15) is 0 Å². The third-order valence-corrected chi connectivity index (χ3v) is 2.37. The molecule has 0 radical (unpaired) electrons. The summed E-state index contributed by atoms with van der Waals surface area (Å²) in [6.45, 7) is 0. The van der Waals surface area contributed by atoms with Crippen LogP contribution in [0.5, 0.6) is 0 Å². The minimum Gasteiger partial charge on any atom is -0.748 e. The van der Waals surface area contributed by atoms with E-state index >= 15 is 0 Å². The van der Waals surface area contributed by atoms with Crippen LogP contribution in [0.3, 0.4) is 0 Å². The Labute approximate surface area is 111 Å². The second kappa shape index (κ2) is 5.98. The van der Waals surface area contributed by atoms with Gasteiger partial charge in [-0.3, -0.25) is 0 Å². The van der Waals surface area contributed by atoms with Crippen LogP contribution in [0.2, 0.25) is 0 Å². The molecule has 0 aliphatic rings. The van der Waals surface area contributed by atoms with Gasteiger partial charge in [-0.25, -0.2) is 16.8 Å².